The van der Waals surface area contributed by atoms with Crippen molar-refractivity contribution in [3.05, 3.63) is 0 Å². The average Bonchev–Trinajstić information content (AvgIpc) is 2.14. The molecule has 2 atom stereocenters. The number of carbonyl (C=O) groups is 1. The second kappa shape index (κ2) is 6.38. The van der Waals surface area contributed by atoms with E-state index < -0.39 is 0 Å². The van der Waals surface area contributed by atoms with Crippen LogP contribution < -0.4 is 10.6 Å². The van der Waals surface area contributed by atoms with E-state index in [9.17, 15) is 4.79 Å². The van der Waals surface area contributed by atoms with Gasteiger partial charge in [0.25, 0.3) is 0 Å². The van der Waals surface area contributed by atoms with E-state index in [0.29, 0.717) is 12.0 Å². The molecule has 3 nitrogen and oxygen atoms in total. The monoisotopic (exact) mass is 230 g/mol. The summed E-state index contributed by atoms with van der Waals surface area (Å²) in [6.45, 7) is 6.14. The predicted molar refractivity (Wildman–Crippen MR) is 66.1 cm³/mol. The third-order valence-corrected chi connectivity index (χ3v) is 3.88. The summed E-state index contributed by atoms with van der Waals surface area (Å²) in [7, 11) is 0. The van der Waals surface area contributed by atoms with Crippen LogP contribution >= 0.6 is 11.8 Å². The topological polar surface area (TPSA) is 41.1 Å². The molecule has 0 aromatic heterocycles. The quantitative estimate of drug-likeness (QED) is 0.718. The lowest BCUT2D eigenvalue weighted by Gasteiger charge is -2.32. The fraction of sp³-hybridized carbons (Fsp3) is 0.909. The molecule has 1 saturated heterocycles. The second-order valence-electron chi connectivity index (χ2n) is 4.28. The highest BCUT2D eigenvalue weighted by atomic mass is 32.2. The standard InChI is InChI=1S/C11H22N2OS/c1-4-10(7-15-3)13-11(14)8(2)9-5-12-6-9/h8-10,12H,4-7H2,1-3H3,(H,13,14). The molecule has 1 amide bonds. The zero-order valence-electron chi connectivity index (χ0n) is 9.88. The van der Waals surface area contributed by atoms with Gasteiger partial charge in [-0.2, -0.15) is 11.8 Å². The minimum absolute atomic E-state index is 0.155. The molecule has 0 bridgehead atoms. The SMILES string of the molecule is CCC(CSC)NC(=O)C(C)C1CNC1. The van der Waals surface area contributed by atoms with Gasteiger partial charge in [-0.15, -0.1) is 0 Å². The first-order valence-electron chi connectivity index (χ1n) is 5.69. The molecule has 0 aromatic rings. The maximum atomic E-state index is 11.9. The number of carbonyl (C=O) groups excluding carboxylic acids is 1. The van der Waals surface area contributed by atoms with E-state index in [4.69, 9.17) is 0 Å². The van der Waals surface area contributed by atoms with Crippen molar-refractivity contribution in [2.24, 2.45) is 11.8 Å². The van der Waals surface area contributed by atoms with Gasteiger partial charge in [-0.1, -0.05) is 13.8 Å². The van der Waals surface area contributed by atoms with Gasteiger partial charge in [-0.05, 0) is 31.7 Å². The van der Waals surface area contributed by atoms with Gasteiger partial charge in [-0.25, -0.2) is 0 Å². The fourth-order valence-electron chi connectivity index (χ4n) is 1.67. The lowest BCUT2D eigenvalue weighted by atomic mass is 9.88. The molecule has 0 aliphatic carbocycles. The molecule has 1 aliphatic rings. The van der Waals surface area contributed by atoms with Crippen molar-refractivity contribution in [2.45, 2.75) is 26.3 Å². The molecule has 0 spiro atoms. The molecule has 0 saturated carbocycles. The van der Waals surface area contributed by atoms with E-state index in [1.54, 1.807) is 11.8 Å². The van der Waals surface area contributed by atoms with E-state index >= 15 is 0 Å². The van der Waals surface area contributed by atoms with Crippen molar-refractivity contribution >= 4 is 17.7 Å². The number of nitrogens with one attached hydrogen (secondary N) is 2. The summed E-state index contributed by atoms with van der Waals surface area (Å²) in [5.74, 6) is 1.93. The number of hydrogen-bond donors (Lipinski definition) is 2. The predicted octanol–water partition coefficient (Wildman–Crippen LogP) is 1.10. The smallest absolute Gasteiger partial charge is 0.223 e. The maximum absolute atomic E-state index is 11.9. The Kier molecular flexibility index (Phi) is 5.47. The maximum Gasteiger partial charge on any atom is 0.223 e. The summed E-state index contributed by atoms with van der Waals surface area (Å²) in [5.41, 5.74) is 0. The Morgan fingerprint density at radius 3 is 2.67 bits per heavy atom. The molecule has 0 radical (unpaired) electrons. The molecule has 0 aromatic carbocycles. The van der Waals surface area contributed by atoms with Crippen LogP contribution in [0, 0.1) is 11.8 Å². The van der Waals surface area contributed by atoms with Gasteiger partial charge < -0.3 is 10.6 Å². The molecule has 88 valence electrons. The summed E-state index contributed by atoms with van der Waals surface area (Å²) < 4.78 is 0. The van der Waals surface area contributed by atoms with Gasteiger partial charge in [0, 0.05) is 17.7 Å². The van der Waals surface area contributed by atoms with Crippen molar-refractivity contribution in [3.63, 3.8) is 0 Å². The van der Waals surface area contributed by atoms with Crippen LogP contribution in [0.2, 0.25) is 0 Å². The minimum Gasteiger partial charge on any atom is -0.352 e. The van der Waals surface area contributed by atoms with E-state index in [0.717, 1.165) is 25.3 Å². The summed E-state index contributed by atoms with van der Waals surface area (Å²) in [6, 6.07) is 0.336. The molecule has 15 heavy (non-hydrogen) atoms. The van der Waals surface area contributed by atoms with Crippen LogP contribution in [-0.4, -0.2) is 37.0 Å². The van der Waals surface area contributed by atoms with Gasteiger partial charge in [0.05, 0.1) is 0 Å². The van der Waals surface area contributed by atoms with Crippen LogP contribution in [0.25, 0.3) is 0 Å². The first-order chi connectivity index (χ1) is 7.19. The third-order valence-electron chi connectivity index (χ3n) is 3.14. The van der Waals surface area contributed by atoms with Crippen molar-refractivity contribution in [1.29, 1.82) is 0 Å². The van der Waals surface area contributed by atoms with Crippen LogP contribution in [0.4, 0.5) is 0 Å². The van der Waals surface area contributed by atoms with E-state index in [2.05, 4.69) is 23.8 Å². The highest BCUT2D eigenvalue weighted by Crippen LogP contribution is 2.16. The van der Waals surface area contributed by atoms with Gasteiger partial charge in [0.15, 0.2) is 0 Å². The van der Waals surface area contributed by atoms with E-state index in [1.165, 1.54) is 0 Å². The van der Waals surface area contributed by atoms with E-state index in [1.807, 2.05) is 6.92 Å². The normalized spacial score (nSPS) is 20.5. The summed E-state index contributed by atoms with van der Waals surface area (Å²) in [5, 5.41) is 6.33. The Bertz CT molecular complexity index is 207. The molecular formula is C11H22N2OS. The first kappa shape index (κ1) is 12.8. The van der Waals surface area contributed by atoms with Crippen LogP contribution in [0.3, 0.4) is 0 Å². The van der Waals surface area contributed by atoms with Crippen molar-refractivity contribution in [2.75, 3.05) is 25.1 Å². The Labute approximate surface area is 96.8 Å². The van der Waals surface area contributed by atoms with Crippen LogP contribution in [0.1, 0.15) is 20.3 Å². The molecule has 1 heterocycles. The van der Waals surface area contributed by atoms with Crippen LogP contribution in [0.15, 0.2) is 0 Å². The van der Waals surface area contributed by atoms with E-state index in [-0.39, 0.29) is 11.8 Å². The lowest BCUT2D eigenvalue weighted by molar-refractivity contribution is -0.127. The molecule has 2 unspecified atom stereocenters. The zero-order valence-corrected chi connectivity index (χ0v) is 10.7. The second-order valence-corrected chi connectivity index (χ2v) is 5.19. The number of thioether (sulfide) groups is 1. The lowest BCUT2D eigenvalue weighted by Crippen LogP contribution is -2.51. The molecule has 1 fully saturated rings. The highest BCUT2D eigenvalue weighted by Gasteiger charge is 2.29. The van der Waals surface area contributed by atoms with Gasteiger partial charge >= 0.3 is 0 Å². The molecule has 1 rings (SSSR count). The van der Waals surface area contributed by atoms with Gasteiger partial charge in [0.1, 0.15) is 0 Å². The number of hydrogen-bond acceptors (Lipinski definition) is 3. The van der Waals surface area contributed by atoms with Gasteiger partial charge in [-0.3, -0.25) is 4.79 Å². The number of amides is 1. The third kappa shape index (κ3) is 3.68. The Balaban J connectivity index is 2.31. The highest BCUT2D eigenvalue weighted by molar-refractivity contribution is 7.98. The molecule has 4 heteroatoms. The molecular weight excluding hydrogens is 208 g/mol. The van der Waals surface area contributed by atoms with Crippen LogP contribution in [-0.2, 0) is 4.79 Å². The van der Waals surface area contributed by atoms with Gasteiger partial charge in [0.2, 0.25) is 5.91 Å². The zero-order chi connectivity index (χ0) is 11.3. The largest absolute Gasteiger partial charge is 0.352 e. The van der Waals surface area contributed by atoms with Crippen LogP contribution in [0.5, 0.6) is 0 Å². The summed E-state index contributed by atoms with van der Waals surface area (Å²) >= 11 is 1.79. The number of rotatable bonds is 6. The fourth-order valence-corrected chi connectivity index (χ4v) is 2.40. The average molecular weight is 230 g/mol. The molecule has 2 N–H and O–H groups in total. The minimum atomic E-state index is 0.155. The Morgan fingerprint density at radius 1 is 1.60 bits per heavy atom. The first-order valence-corrected chi connectivity index (χ1v) is 7.08. The van der Waals surface area contributed by atoms with Crippen molar-refractivity contribution in [3.8, 4) is 0 Å². The van der Waals surface area contributed by atoms with Crippen molar-refractivity contribution in [1.82, 2.24) is 10.6 Å². The Morgan fingerprint density at radius 2 is 2.27 bits per heavy atom. The summed E-state index contributed by atoms with van der Waals surface area (Å²) in [4.78, 5) is 11.9. The molecule has 1 aliphatic heterocycles. The summed E-state index contributed by atoms with van der Waals surface area (Å²) in [6.07, 6.45) is 3.09. The Hall–Kier alpha value is -0.220. The van der Waals surface area contributed by atoms with Crippen molar-refractivity contribution < 1.29 is 4.79 Å².